The van der Waals surface area contributed by atoms with Crippen LogP contribution in [0.25, 0.3) is 0 Å². The van der Waals surface area contributed by atoms with Crippen LogP contribution in [0.5, 0.6) is 0 Å². The van der Waals surface area contributed by atoms with Gasteiger partial charge in [-0.25, -0.2) is 23.0 Å². The Kier molecular flexibility index (Phi) is 5.13. The molecule has 1 atom stereocenters. The molecule has 27 heavy (non-hydrogen) atoms. The van der Waals surface area contributed by atoms with E-state index in [0.29, 0.717) is 6.07 Å². The third-order valence-electron chi connectivity index (χ3n) is 3.90. The number of nitrogen functional groups attached to an aromatic ring is 1. The second-order valence-electron chi connectivity index (χ2n) is 7.41. The van der Waals surface area contributed by atoms with Gasteiger partial charge in [0.2, 0.25) is 11.9 Å². The monoisotopic (exact) mass is 386 g/mol. The summed E-state index contributed by atoms with van der Waals surface area (Å²) in [5.74, 6) is -4.66. The molecule has 0 bridgehead atoms. The Morgan fingerprint density at radius 1 is 1.33 bits per heavy atom. The Morgan fingerprint density at radius 3 is 2.48 bits per heavy atom. The predicted octanol–water partition coefficient (Wildman–Crippen LogP) is 2.64. The molecule has 2 rings (SSSR count). The van der Waals surface area contributed by atoms with Crippen molar-refractivity contribution in [1.82, 2.24) is 10.2 Å². The van der Waals surface area contributed by atoms with E-state index in [9.17, 15) is 22.8 Å². The molecule has 0 radical (unpaired) electrons. The number of nitrogens with zero attached hydrogens (tertiary/aromatic N) is 2. The third kappa shape index (κ3) is 4.15. The van der Waals surface area contributed by atoms with Crippen LogP contribution in [0, 0.1) is 17.5 Å². The summed E-state index contributed by atoms with van der Waals surface area (Å²) in [6.45, 7) is 6.20. The summed E-state index contributed by atoms with van der Waals surface area (Å²) in [7, 11) is 1.34. The number of carbonyl (C=O) groups is 2. The number of nitrogens with one attached hydrogen (secondary N) is 1. The van der Waals surface area contributed by atoms with Crippen LogP contribution in [0.4, 0.5) is 23.7 Å². The number of guanidine groups is 1. The topological polar surface area (TPSA) is 97.0 Å². The summed E-state index contributed by atoms with van der Waals surface area (Å²) in [5, 5.41) is 2.29. The largest absolute Gasteiger partial charge is 0.444 e. The fourth-order valence-corrected chi connectivity index (χ4v) is 2.63. The number of amides is 2. The smallest absolute Gasteiger partial charge is 0.414 e. The second kappa shape index (κ2) is 6.75. The molecule has 2 amide bonds. The highest BCUT2D eigenvalue weighted by Gasteiger charge is 2.42. The van der Waals surface area contributed by atoms with E-state index >= 15 is 0 Å². The number of alkyl carbamates (subject to hydrolysis) is 1. The molecule has 0 fully saturated rings. The molecule has 10 heteroatoms. The van der Waals surface area contributed by atoms with E-state index in [0.717, 1.165) is 4.90 Å². The van der Waals surface area contributed by atoms with Crippen LogP contribution >= 0.6 is 0 Å². The van der Waals surface area contributed by atoms with Crippen LogP contribution in [0.3, 0.4) is 0 Å². The molecular weight excluding hydrogens is 365 g/mol. The molecule has 1 aromatic carbocycles. The van der Waals surface area contributed by atoms with E-state index in [4.69, 9.17) is 10.5 Å². The molecule has 1 aliphatic rings. The van der Waals surface area contributed by atoms with Gasteiger partial charge >= 0.3 is 6.09 Å². The average molecular weight is 386 g/mol. The van der Waals surface area contributed by atoms with Gasteiger partial charge in [-0.2, -0.15) is 0 Å². The Bertz CT molecular complexity index is 836. The number of ether oxygens (including phenoxy) is 1. The molecule has 0 aromatic heterocycles. The molecule has 0 saturated carbocycles. The van der Waals surface area contributed by atoms with Crippen LogP contribution in [-0.2, 0) is 15.1 Å². The fraction of sp³-hybridized carbons (Fsp3) is 0.471. The standard InChI is InChI=1S/C17H21F3N4O3/c1-16(2,3)27-15(26)22-14-23-17(4,7-10(25)24(14)5)11-8(18)6-9(19)13(21)12(11)20/h6H,7,21H2,1-5H3,(H,22,23,26)/t17-/m0/s1. The first-order valence-corrected chi connectivity index (χ1v) is 8.05. The number of aliphatic imine (C=N–C) groups is 1. The number of hydrogen-bond donors (Lipinski definition) is 2. The number of benzene rings is 1. The van der Waals surface area contributed by atoms with Gasteiger partial charge in [0.25, 0.3) is 0 Å². The zero-order chi connectivity index (χ0) is 20.7. The van der Waals surface area contributed by atoms with E-state index in [-0.39, 0.29) is 5.96 Å². The minimum absolute atomic E-state index is 0.260. The number of nitrogens with two attached hydrogens (primary N) is 1. The Balaban J connectivity index is 2.51. The van der Waals surface area contributed by atoms with Crippen molar-refractivity contribution in [2.24, 2.45) is 4.99 Å². The number of hydrogen-bond acceptors (Lipinski definition) is 5. The molecule has 0 unspecified atom stereocenters. The first-order valence-electron chi connectivity index (χ1n) is 8.05. The Morgan fingerprint density at radius 2 is 1.93 bits per heavy atom. The van der Waals surface area contributed by atoms with Gasteiger partial charge in [-0.15, -0.1) is 0 Å². The maximum Gasteiger partial charge on any atom is 0.414 e. The highest BCUT2D eigenvalue weighted by molar-refractivity contribution is 6.05. The summed E-state index contributed by atoms with van der Waals surface area (Å²) in [5.41, 5.74) is 1.22. The molecule has 0 aliphatic carbocycles. The Hall–Kier alpha value is -2.78. The average Bonchev–Trinajstić information content (AvgIpc) is 2.48. The highest BCUT2D eigenvalue weighted by Crippen LogP contribution is 2.38. The lowest BCUT2D eigenvalue weighted by Gasteiger charge is -2.35. The van der Waals surface area contributed by atoms with Gasteiger partial charge in [0.05, 0.1) is 12.0 Å². The first-order chi connectivity index (χ1) is 12.2. The second-order valence-corrected chi connectivity index (χ2v) is 7.41. The number of anilines is 1. The molecular formula is C17H21F3N4O3. The third-order valence-corrected chi connectivity index (χ3v) is 3.90. The van der Waals surface area contributed by atoms with Crippen LogP contribution < -0.4 is 11.1 Å². The normalized spacial score (nSPS) is 20.4. The van der Waals surface area contributed by atoms with Gasteiger partial charge < -0.3 is 10.5 Å². The molecule has 7 nitrogen and oxygen atoms in total. The number of rotatable bonds is 1. The quantitative estimate of drug-likeness (QED) is 0.725. The van der Waals surface area contributed by atoms with Gasteiger partial charge in [0, 0.05) is 13.1 Å². The summed E-state index contributed by atoms with van der Waals surface area (Å²) in [6.07, 6.45) is -1.31. The zero-order valence-corrected chi connectivity index (χ0v) is 15.6. The minimum atomic E-state index is -1.75. The van der Waals surface area contributed by atoms with E-state index in [1.807, 2.05) is 0 Å². The van der Waals surface area contributed by atoms with E-state index < -0.39 is 58.3 Å². The van der Waals surface area contributed by atoms with Crippen LogP contribution in [0.15, 0.2) is 11.1 Å². The lowest BCUT2D eigenvalue weighted by molar-refractivity contribution is -0.128. The van der Waals surface area contributed by atoms with Crippen molar-refractivity contribution < 1.29 is 27.5 Å². The lowest BCUT2D eigenvalue weighted by Crippen LogP contribution is -2.52. The number of carbonyl (C=O) groups excluding carboxylic acids is 2. The van der Waals surface area contributed by atoms with Crippen LogP contribution in [0.1, 0.15) is 39.7 Å². The molecule has 0 saturated heterocycles. The van der Waals surface area contributed by atoms with Gasteiger partial charge in [-0.1, -0.05) is 0 Å². The summed E-state index contributed by atoms with van der Waals surface area (Å²) >= 11 is 0. The highest BCUT2D eigenvalue weighted by atomic mass is 19.1. The molecule has 1 heterocycles. The molecule has 148 valence electrons. The Labute approximate surface area is 154 Å². The summed E-state index contributed by atoms with van der Waals surface area (Å²) in [4.78, 5) is 29.5. The van der Waals surface area contributed by atoms with Gasteiger partial charge in [0.15, 0.2) is 11.6 Å². The first kappa shape index (κ1) is 20.5. The molecule has 3 N–H and O–H groups in total. The van der Waals surface area contributed by atoms with E-state index in [1.165, 1.54) is 14.0 Å². The van der Waals surface area contributed by atoms with Crippen molar-refractivity contribution in [1.29, 1.82) is 0 Å². The van der Waals surface area contributed by atoms with E-state index in [1.54, 1.807) is 20.8 Å². The van der Waals surface area contributed by atoms with Crippen molar-refractivity contribution in [3.8, 4) is 0 Å². The summed E-state index contributed by atoms with van der Waals surface area (Å²) in [6, 6.07) is 0.429. The van der Waals surface area contributed by atoms with Gasteiger partial charge in [-0.3, -0.25) is 15.0 Å². The molecule has 1 aromatic rings. The van der Waals surface area contributed by atoms with Crippen molar-refractivity contribution in [3.05, 3.63) is 29.1 Å². The fourth-order valence-electron chi connectivity index (χ4n) is 2.63. The SMILES string of the molecule is CN1C(=O)C[C@@](C)(c2c(F)cc(F)c(N)c2F)N=C1NC(=O)OC(C)(C)C. The van der Waals surface area contributed by atoms with Gasteiger partial charge in [-0.05, 0) is 27.7 Å². The zero-order valence-electron chi connectivity index (χ0n) is 15.6. The predicted molar refractivity (Wildman–Crippen MR) is 92.3 cm³/mol. The maximum atomic E-state index is 14.5. The van der Waals surface area contributed by atoms with Crippen molar-refractivity contribution in [3.63, 3.8) is 0 Å². The summed E-state index contributed by atoms with van der Waals surface area (Å²) < 4.78 is 47.4. The molecule has 0 spiro atoms. The van der Waals surface area contributed by atoms with E-state index in [2.05, 4.69) is 10.3 Å². The maximum absolute atomic E-state index is 14.5. The minimum Gasteiger partial charge on any atom is -0.444 e. The van der Waals surface area contributed by atoms with Crippen LogP contribution in [0.2, 0.25) is 0 Å². The van der Waals surface area contributed by atoms with Crippen LogP contribution in [-0.4, -0.2) is 35.5 Å². The van der Waals surface area contributed by atoms with Crippen molar-refractivity contribution in [2.45, 2.75) is 45.3 Å². The van der Waals surface area contributed by atoms with Crippen molar-refractivity contribution in [2.75, 3.05) is 12.8 Å². The number of halogens is 3. The van der Waals surface area contributed by atoms with Crippen molar-refractivity contribution >= 4 is 23.6 Å². The molecule has 1 aliphatic heterocycles. The lowest BCUT2D eigenvalue weighted by atomic mass is 9.86. The van der Waals surface area contributed by atoms with Gasteiger partial charge in [0.1, 0.15) is 22.6 Å².